The molecule has 0 aliphatic carbocycles. The lowest BCUT2D eigenvalue weighted by atomic mass is 10.4. The predicted molar refractivity (Wildman–Crippen MR) is 51.2 cm³/mol. The third-order valence-electron chi connectivity index (χ3n) is 2.60. The minimum Gasteiger partial charge on any atom is -0.417 e. The van der Waals surface area contributed by atoms with E-state index in [1.165, 1.54) is 24.9 Å². The molecule has 0 aromatic heterocycles. The first-order chi connectivity index (χ1) is 5.33. The summed E-state index contributed by atoms with van der Waals surface area (Å²) in [5.74, 6) is 0. The zero-order valence-corrected chi connectivity index (χ0v) is 8.44. The first-order valence-electron chi connectivity index (χ1n) is 4.58. The van der Waals surface area contributed by atoms with Crippen molar-refractivity contribution in [3.8, 4) is 0 Å². The van der Waals surface area contributed by atoms with Gasteiger partial charge in [0.25, 0.3) is 0 Å². The smallest absolute Gasteiger partial charge is 0.196 e. The van der Waals surface area contributed by atoms with Gasteiger partial charge in [0.2, 0.25) is 0 Å². The van der Waals surface area contributed by atoms with Crippen molar-refractivity contribution in [1.29, 1.82) is 0 Å². The third kappa shape index (κ3) is 2.17. The molecule has 0 radical (unpaired) electrons. The highest BCUT2D eigenvalue weighted by Crippen LogP contribution is 2.28. The highest BCUT2D eigenvalue weighted by Gasteiger charge is 2.33. The van der Waals surface area contributed by atoms with E-state index >= 15 is 0 Å². The van der Waals surface area contributed by atoms with E-state index in [-0.39, 0.29) is 0 Å². The van der Waals surface area contributed by atoms with Crippen LogP contribution in [-0.2, 0) is 4.43 Å². The SMILES string of the molecule is C=CC[Si]1(CC)CCCCO1. The summed E-state index contributed by atoms with van der Waals surface area (Å²) in [6, 6.07) is 3.78. The minimum absolute atomic E-state index is 1.01. The lowest BCUT2D eigenvalue weighted by Gasteiger charge is -2.33. The second kappa shape index (κ2) is 4.07. The van der Waals surface area contributed by atoms with Gasteiger partial charge in [-0.3, -0.25) is 0 Å². The van der Waals surface area contributed by atoms with Crippen LogP contribution >= 0.6 is 0 Å². The number of hydrogen-bond acceptors (Lipinski definition) is 1. The Balaban J connectivity index is 2.49. The van der Waals surface area contributed by atoms with E-state index in [9.17, 15) is 0 Å². The summed E-state index contributed by atoms with van der Waals surface area (Å²) in [4.78, 5) is 0. The van der Waals surface area contributed by atoms with E-state index in [0.29, 0.717) is 0 Å². The molecule has 1 aliphatic heterocycles. The Kier molecular flexibility index (Phi) is 3.33. The lowest BCUT2D eigenvalue weighted by molar-refractivity contribution is 0.268. The van der Waals surface area contributed by atoms with Gasteiger partial charge in [-0.05, 0) is 24.6 Å². The molecule has 0 saturated carbocycles. The van der Waals surface area contributed by atoms with Crippen molar-refractivity contribution in [2.45, 2.75) is 37.9 Å². The van der Waals surface area contributed by atoms with E-state index in [4.69, 9.17) is 4.43 Å². The fourth-order valence-corrected chi connectivity index (χ4v) is 5.07. The molecule has 1 rings (SSSR count). The van der Waals surface area contributed by atoms with Crippen LogP contribution in [0.1, 0.15) is 19.8 Å². The molecule has 1 heterocycles. The molecular weight excluding hydrogens is 152 g/mol. The molecule has 0 spiro atoms. The van der Waals surface area contributed by atoms with Crippen LogP contribution in [0.5, 0.6) is 0 Å². The predicted octanol–water partition coefficient (Wildman–Crippen LogP) is 2.95. The molecule has 0 aromatic carbocycles. The van der Waals surface area contributed by atoms with E-state index in [0.717, 1.165) is 12.7 Å². The molecule has 1 fully saturated rings. The van der Waals surface area contributed by atoms with E-state index in [2.05, 4.69) is 13.5 Å². The zero-order valence-electron chi connectivity index (χ0n) is 7.44. The standard InChI is InChI=1S/C9H18OSi/c1-3-8-11(4-2)9-6-5-7-10-11/h3H,1,4-9H2,2H3. The van der Waals surface area contributed by atoms with Crippen molar-refractivity contribution >= 4 is 8.32 Å². The Bertz CT molecular complexity index is 128. The zero-order chi connectivity index (χ0) is 8.16. The molecule has 11 heavy (non-hydrogen) atoms. The Morgan fingerprint density at radius 3 is 2.82 bits per heavy atom. The van der Waals surface area contributed by atoms with Gasteiger partial charge in [0.05, 0.1) is 0 Å². The Morgan fingerprint density at radius 1 is 1.55 bits per heavy atom. The molecule has 0 bridgehead atoms. The number of rotatable bonds is 3. The van der Waals surface area contributed by atoms with Gasteiger partial charge in [-0.1, -0.05) is 19.4 Å². The lowest BCUT2D eigenvalue weighted by Crippen LogP contribution is -2.39. The molecule has 0 amide bonds. The van der Waals surface area contributed by atoms with Gasteiger partial charge in [0, 0.05) is 6.61 Å². The van der Waals surface area contributed by atoms with Crippen LogP contribution in [0, 0.1) is 0 Å². The van der Waals surface area contributed by atoms with Crippen LogP contribution in [0.15, 0.2) is 12.7 Å². The number of hydrogen-bond donors (Lipinski definition) is 0. The molecule has 1 unspecified atom stereocenters. The first kappa shape index (κ1) is 9.01. The van der Waals surface area contributed by atoms with Crippen molar-refractivity contribution in [3.63, 3.8) is 0 Å². The summed E-state index contributed by atoms with van der Waals surface area (Å²) in [7, 11) is -1.27. The largest absolute Gasteiger partial charge is 0.417 e. The second-order valence-corrected chi connectivity index (χ2v) is 7.60. The van der Waals surface area contributed by atoms with E-state index in [1.807, 2.05) is 6.08 Å². The summed E-state index contributed by atoms with van der Waals surface area (Å²) in [5, 5.41) is 0. The van der Waals surface area contributed by atoms with Crippen LogP contribution in [0.2, 0.25) is 18.1 Å². The van der Waals surface area contributed by atoms with Crippen molar-refractivity contribution < 1.29 is 4.43 Å². The number of allylic oxidation sites excluding steroid dienone is 1. The van der Waals surface area contributed by atoms with Gasteiger partial charge in [-0.25, -0.2) is 0 Å². The van der Waals surface area contributed by atoms with Gasteiger partial charge in [-0.2, -0.15) is 0 Å². The van der Waals surface area contributed by atoms with Crippen molar-refractivity contribution in [1.82, 2.24) is 0 Å². The molecule has 1 nitrogen and oxygen atoms in total. The van der Waals surface area contributed by atoms with Crippen molar-refractivity contribution in [3.05, 3.63) is 12.7 Å². The second-order valence-electron chi connectivity index (χ2n) is 3.33. The fraction of sp³-hybridized carbons (Fsp3) is 0.778. The summed E-state index contributed by atoms with van der Waals surface area (Å²) in [6.45, 7) is 7.08. The maximum Gasteiger partial charge on any atom is 0.196 e. The molecule has 1 aliphatic rings. The van der Waals surface area contributed by atoms with Gasteiger partial charge < -0.3 is 4.43 Å². The van der Waals surface area contributed by atoms with E-state index in [1.54, 1.807) is 0 Å². The van der Waals surface area contributed by atoms with Crippen LogP contribution in [0.3, 0.4) is 0 Å². The molecule has 2 heteroatoms. The van der Waals surface area contributed by atoms with Crippen LogP contribution in [0.25, 0.3) is 0 Å². The Hall–Kier alpha value is -0.0831. The molecule has 64 valence electrons. The first-order valence-corrected chi connectivity index (χ1v) is 7.11. The summed E-state index contributed by atoms with van der Waals surface area (Å²) < 4.78 is 5.92. The van der Waals surface area contributed by atoms with Crippen molar-refractivity contribution in [2.75, 3.05) is 6.61 Å². The van der Waals surface area contributed by atoms with E-state index < -0.39 is 8.32 Å². The third-order valence-corrected chi connectivity index (χ3v) is 7.00. The van der Waals surface area contributed by atoms with Gasteiger partial charge in [0.1, 0.15) is 0 Å². The average molecular weight is 170 g/mol. The van der Waals surface area contributed by atoms with Gasteiger partial charge in [-0.15, -0.1) is 6.58 Å². The molecule has 1 atom stereocenters. The van der Waals surface area contributed by atoms with Crippen LogP contribution < -0.4 is 0 Å². The summed E-state index contributed by atoms with van der Waals surface area (Å²) in [6.07, 6.45) is 4.70. The maximum absolute atomic E-state index is 5.92. The average Bonchev–Trinajstić information content (AvgIpc) is 2.07. The molecular formula is C9H18OSi. The summed E-state index contributed by atoms with van der Waals surface area (Å²) >= 11 is 0. The van der Waals surface area contributed by atoms with Crippen molar-refractivity contribution in [2.24, 2.45) is 0 Å². The van der Waals surface area contributed by atoms with Crippen LogP contribution in [0.4, 0.5) is 0 Å². The fourth-order valence-electron chi connectivity index (χ4n) is 1.76. The quantitative estimate of drug-likeness (QED) is 0.467. The van der Waals surface area contributed by atoms with Gasteiger partial charge in [0.15, 0.2) is 8.32 Å². The highest BCUT2D eigenvalue weighted by atomic mass is 28.4. The topological polar surface area (TPSA) is 9.23 Å². The highest BCUT2D eigenvalue weighted by molar-refractivity contribution is 6.74. The normalized spacial score (nSPS) is 31.7. The minimum atomic E-state index is -1.27. The summed E-state index contributed by atoms with van der Waals surface area (Å²) in [5.41, 5.74) is 0. The van der Waals surface area contributed by atoms with Crippen LogP contribution in [-0.4, -0.2) is 14.9 Å². The van der Waals surface area contributed by atoms with Gasteiger partial charge >= 0.3 is 0 Å². The molecule has 0 aromatic rings. The monoisotopic (exact) mass is 170 g/mol. The Morgan fingerprint density at radius 2 is 2.36 bits per heavy atom. The molecule has 1 saturated heterocycles. The maximum atomic E-state index is 5.92. The molecule has 0 N–H and O–H groups in total. The Labute approximate surface area is 70.6 Å².